The van der Waals surface area contributed by atoms with E-state index in [2.05, 4.69) is 0 Å². The fourth-order valence-corrected chi connectivity index (χ4v) is 4.61. The highest BCUT2D eigenvalue weighted by molar-refractivity contribution is 8.00. The van der Waals surface area contributed by atoms with Crippen LogP contribution in [-0.2, 0) is 14.6 Å². The minimum Gasteiger partial charge on any atom is -0.507 e. The average molecular weight is 481 g/mol. The summed E-state index contributed by atoms with van der Waals surface area (Å²) in [6.07, 6.45) is 11.9. The Morgan fingerprint density at radius 2 is 1.67 bits per heavy atom. The lowest BCUT2D eigenvalue weighted by molar-refractivity contribution is 0.0693. The Morgan fingerprint density at radius 1 is 0.970 bits per heavy atom. The van der Waals surface area contributed by atoms with Crippen molar-refractivity contribution in [3.05, 3.63) is 57.6 Å². The fourth-order valence-electron chi connectivity index (χ4n) is 3.22. The third-order valence-electron chi connectivity index (χ3n) is 5.00. The van der Waals surface area contributed by atoms with Crippen LogP contribution in [0.1, 0.15) is 62.2 Å². The monoisotopic (exact) mass is 480 g/mol. The van der Waals surface area contributed by atoms with Crippen molar-refractivity contribution in [2.24, 2.45) is 0 Å². The number of carboxylic acids is 1. The maximum Gasteiger partial charge on any atom is 0.339 e. The zero-order chi connectivity index (χ0) is 24.3. The number of aliphatic hydroxyl groups is 1. The van der Waals surface area contributed by atoms with Crippen molar-refractivity contribution >= 4 is 15.8 Å². The quantitative estimate of drug-likeness (QED) is 0.356. The number of fused-ring (bicyclic) bond motifs is 2. The second kappa shape index (κ2) is 13.1. The van der Waals surface area contributed by atoms with Gasteiger partial charge in [0, 0.05) is 12.7 Å². The Bertz CT molecular complexity index is 1010. The highest BCUT2D eigenvalue weighted by atomic mass is 32.2. The molecule has 2 aliphatic heterocycles. The number of aromatic hydroxyl groups is 1. The van der Waals surface area contributed by atoms with Crippen LogP contribution in [0.25, 0.3) is 0 Å². The summed E-state index contributed by atoms with van der Waals surface area (Å²) in [6, 6.07) is 4.17. The lowest BCUT2D eigenvalue weighted by atomic mass is 10.1. The standard InChI is InChI=1S/C14H20O4S.C10H12O4/c15-9-5-3-1-2-4-6-10-18-13-11-12-7-8-14(13)19(12,16)17;1-2-5-14-7-3-4-9(11)8(6-7)10(12)13/h7-8,11,15H,1-6,9-10H2;3-4,6,11H,2,5H2,1H3,(H,12,13). The van der Waals surface area contributed by atoms with Crippen LogP contribution in [0, 0.1) is 0 Å². The minimum absolute atomic E-state index is 0.140. The predicted octanol–water partition coefficient (Wildman–Crippen LogP) is 4.31. The molecule has 0 saturated carbocycles. The molecule has 0 atom stereocenters. The smallest absolute Gasteiger partial charge is 0.339 e. The van der Waals surface area contributed by atoms with Crippen LogP contribution in [0.4, 0.5) is 0 Å². The summed E-state index contributed by atoms with van der Waals surface area (Å²) in [7, 11) is -3.22. The van der Waals surface area contributed by atoms with Gasteiger partial charge in [0.15, 0.2) is 0 Å². The van der Waals surface area contributed by atoms with Crippen LogP contribution in [0.3, 0.4) is 0 Å². The minimum atomic E-state index is -3.22. The molecule has 0 radical (unpaired) electrons. The summed E-state index contributed by atoms with van der Waals surface area (Å²) in [5.74, 6) is -0.453. The summed E-state index contributed by atoms with van der Waals surface area (Å²) < 4.78 is 34.2. The van der Waals surface area contributed by atoms with E-state index in [0.717, 1.165) is 44.9 Å². The van der Waals surface area contributed by atoms with Gasteiger partial charge in [0.1, 0.15) is 27.7 Å². The highest BCUT2D eigenvalue weighted by Crippen LogP contribution is 2.37. The van der Waals surface area contributed by atoms with Crippen molar-refractivity contribution < 1.29 is 38.0 Å². The Labute approximate surface area is 194 Å². The van der Waals surface area contributed by atoms with Crippen LogP contribution in [0.5, 0.6) is 11.5 Å². The maximum atomic E-state index is 11.7. The summed E-state index contributed by atoms with van der Waals surface area (Å²) >= 11 is 0. The number of phenols is 1. The summed E-state index contributed by atoms with van der Waals surface area (Å²) in [5.41, 5.74) is -0.140. The first kappa shape index (κ1) is 26.5. The van der Waals surface area contributed by atoms with E-state index in [1.807, 2.05) is 6.92 Å². The molecule has 1 aromatic carbocycles. The van der Waals surface area contributed by atoms with Crippen LogP contribution in [0.15, 0.2) is 52.0 Å². The van der Waals surface area contributed by atoms with E-state index in [9.17, 15) is 18.3 Å². The molecule has 1 aromatic rings. The lowest BCUT2D eigenvalue weighted by Crippen LogP contribution is -1.99. The van der Waals surface area contributed by atoms with Gasteiger partial charge in [0.25, 0.3) is 0 Å². The number of carbonyl (C=O) groups is 1. The van der Waals surface area contributed by atoms with Crippen LogP contribution < -0.4 is 4.74 Å². The van der Waals surface area contributed by atoms with Gasteiger partial charge in [-0.3, -0.25) is 0 Å². The Balaban J connectivity index is 0.000000245. The van der Waals surface area contributed by atoms with Gasteiger partial charge in [-0.25, -0.2) is 13.2 Å². The number of allylic oxidation sites excluding steroid dienone is 3. The van der Waals surface area contributed by atoms with Crippen molar-refractivity contribution in [2.75, 3.05) is 19.8 Å². The van der Waals surface area contributed by atoms with Gasteiger partial charge in [-0.05, 0) is 49.6 Å². The first-order valence-corrected chi connectivity index (χ1v) is 12.6. The number of sulfone groups is 1. The van der Waals surface area contributed by atoms with E-state index in [1.165, 1.54) is 18.2 Å². The van der Waals surface area contributed by atoms with E-state index in [-0.39, 0.29) is 17.9 Å². The molecule has 2 bridgehead atoms. The molecule has 0 aliphatic carbocycles. The van der Waals surface area contributed by atoms with Gasteiger partial charge in [-0.2, -0.15) is 0 Å². The fraction of sp³-hybridized carbons (Fsp3) is 0.458. The summed E-state index contributed by atoms with van der Waals surface area (Å²) in [5, 5.41) is 26.5. The molecule has 182 valence electrons. The number of rotatable bonds is 13. The Morgan fingerprint density at radius 3 is 2.24 bits per heavy atom. The number of aromatic carboxylic acids is 1. The predicted molar refractivity (Wildman–Crippen MR) is 125 cm³/mol. The van der Waals surface area contributed by atoms with E-state index >= 15 is 0 Å². The molecule has 0 fully saturated rings. The Hall–Kier alpha value is -2.78. The molecule has 0 saturated heterocycles. The molecule has 9 heteroatoms. The van der Waals surface area contributed by atoms with E-state index in [4.69, 9.17) is 19.7 Å². The third-order valence-corrected chi connectivity index (χ3v) is 6.79. The summed E-state index contributed by atoms with van der Waals surface area (Å²) in [4.78, 5) is 11.3. The molecule has 33 heavy (non-hydrogen) atoms. The van der Waals surface area contributed by atoms with Crippen molar-refractivity contribution in [1.29, 1.82) is 0 Å². The van der Waals surface area contributed by atoms with E-state index in [1.54, 1.807) is 18.2 Å². The first-order chi connectivity index (χ1) is 15.8. The van der Waals surface area contributed by atoms with Gasteiger partial charge < -0.3 is 24.8 Å². The van der Waals surface area contributed by atoms with Crippen molar-refractivity contribution in [1.82, 2.24) is 0 Å². The number of aliphatic hydroxyl groups excluding tert-OH is 1. The molecule has 8 nitrogen and oxygen atoms in total. The molecule has 3 rings (SSSR count). The topological polar surface area (TPSA) is 130 Å². The van der Waals surface area contributed by atoms with E-state index < -0.39 is 15.8 Å². The second-order valence-corrected chi connectivity index (χ2v) is 9.56. The van der Waals surface area contributed by atoms with Crippen molar-refractivity contribution in [2.45, 2.75) is 51.9 Å². The summed E-state index contributed by atoms with van der Waals surface area (Å²) in [6.45, 7) is 3.32. The number of hydrogen-bond donors (Lipinski definition) is 3. The number of hydrogen-bond acceptors (Lipinski definition) is 7. The highest BCUT2D eigenvalue weighted by Gasteiger charge is 2.34. The van der Waals surface area contributed by atoms with Gasteiger partial charge in [0.05, 0.1) is 18.1 Å². The maximum absolute atomic E-state index is 11.7. The molecular formula is C24H32O8S. The zero-order valence-corrected chi connectivity index (χ0v) is 19.6. The number of benzene rings is 1. The molecular weight excluding hydrogens is 448 g/mol. The van der Waals surface area contributed by atoms with Gasteiger partial charge in [0.2, 0.25) is 9.84 Å². The zero-order valence-electron chi connectivity index (χ0n) is 18.8. The molecule has 0 aromatic heterocycles. The van der Waals surface area contributed by atoms with Crippen LogP contribution >= 0.6 is 0 Å². The van der Waals surface area contributed by atoms with Crippen LogP contribution in [-0.4, -0.2) is 49.5 Å². The van der Waals surface area contributed by atoms with Gasteiger partial charge in [-0.1, -0.05) is 32.6 Å². The number of carboxylic acid groups (broad SMARTS) is 1. The van der Waals surface area contributed by atoms with Gasteiger partial charge >= 0.3 is 5.97 Å². The molecule has 2 aliphatic rings. The SMILES string of the molecule is CCCOc1ccc(O)c(C(=O)O)c1.O=S1(=O)C2=CC(OCCCCCCCCO)=C1C=C2. The van der Waals surface area contributed by atoms with Crippen LogP contribution in [0.2, 0.25) is 0 Å². The van der Waals surface area contributed by atoms with Crippen molar-refractivity contribution in [3.8, 4) is 11.5 Å². The second-order valence-electron chi connectivity index (χ2n) is 7.64. The van der Waals surface area contributed by atoms with Gasteiger partial charge in [-0.15, -0.1) is 0 Å². The molecule has 0 amide bonds. The lowest BCUT2D eigenvalue weighted by Gasteiger charge is -2.06. The number of ether oxygens (including phenoxy) is 2. The Kier molecular flexibility index (Phi) is 10.5. The molecule has 3 N–H and O–H groups in total. The average Bonchev–Trinajstić information content (AvgIpc) is 3.21. The largest absolute Gasteiger partial charge is 0.507 e. The third kappa shape index (κ3) is 7.64. The molecule has 0 spiro atoms. The molecule has 0 unspecified atom stereocenters. The molecule has 2 heterocycles. The normalized spacial score (nSPS) is 15.2. The van der Waals surface area contributed by atoms with E-state index in [0.29, 0.717) is 34.5 Å². The first-order valence-electron chi connectivity index (χ1n) is 11.1. The van der Waals surface area contributed by atoms with Crippen molar-refractivity contribution in [3.63, 3.8) is 0 Å². The number of unbranched alkanes of at least 4 members (excludes halogenated alkanes) is 5.